The van der Waals surface area contributed by atoms with Crippen LogP contribution in [0.4, 0.5) is 0 Å². The van der Waals surface area contributed by atoms with E-state index in [1.807, 2.05) is 23.6 Å². The molecular formula is C15H20N2O3S. The molecule has 1 aromatic heterocycles. The molecule has 3 aliphatic rings. The molecule has 3 heterocycles. The van der Waals surface area contributed by atoms with Gasteiger partial charge < -0.3 is 14.2 Å². The van der Waals surface area contributed by atoms with Gasteiger partial charge in [-0.1, -0.05) is 5.16 Å². The molecule has 5 nitrogen and oxygen atoms in total. The standard InChI is InChI=1S/C15H20N2O3S/c1-10-4-13(20-16-10)14(18)17-8-15(9-17)5-12(7-21-15)19-6-11-2-3-11/h4,11-12H,2-3,5-9H2,1H3/t12-/m1/s1. The number of likely N-dealkylation sites (tertiary alicyclic amines) is 1. The summed E-state index contributed by atoms with van der Waals surface area (Å²) in [7, 11) is 0. The Morgan fingerprint density at radius 3 is 3.05 bits per heavy atom. The van der Waals surface area contributed by atoms with E-state index in [9.17, 15) is 4.79 Å². The van der Waals surface area contributed by atoms with Crippen LogP contribution in [-0.2, 0) is 4.74 Å². The van der Waals surface area contributed by atoms with Gasteiger partial charge in [-0.3, -0.25) is 4.79 Å². The maximum absolute atomic E-state index is 12.2. The highest BCUT2D eigenvalue weighted by atomic mass is 32.2. The van der Waals surface area contributed by atoms with Gasteiger partial charge in [-0.25, -0.2) is 0 Å². The minimum absolute atomic E-state index is 0.0378. The van der Waals surface area contributed by atoms with E-state index in [0.717, 1.165) is 43.5 Å². The molecule has 1 saturated carbocycles. The highest BCUT2D eigenvalue weighted by Crippen LogP contribution is 2.46. The van der Waals surface area contributed by atoms with Gasteiger partial charge in [-0.05, 0) is 32.1 Å². The third kappa shape index (κ3) is 2.71. The second-order valence-electron chi connectivity index (χ2n) is 6.59. The van der Waals surface area contributed by atoms with Gasteiger partial charge in [-0.15, -0.1) is 11.8 Å². The first kappa shape index (κ1) is 13.6. The van der Waals surface area contributed by atoms with Crippen LogP contribution in [0, 0.1) is 12.8 Å². The van der Waals surface area contributed by atoms with E-state index in [-0.39, 0.29) is 10.7 Å². The van der Waals surface area contributed by atoms with Crippen molar-refractivity contribution in [3.63, 3.8) is 0 Å². The molecule has 1 atom stereocenters. The molecule has 1 aromatic rings. The average Bonchev–Trinajstić information content (AvgIpc) is 3.00. The zero-order valence-corrected chi connectivity index (χ0v) is 13.0. The van der Waals surface area contributed by atoms with E-state index in [1.54, 1.807) is 6.07 Å². The van der Waals surface area contributed by atoms with Gasteiger partial charge in [0.2, 0.25) is 5.76 Å². The smallest absolute Gasteiger partial charge is 0.292 e. The highest BCUT2D eigenvalue weighted by molar-refractivity contribution is 8.01. The number of amides is 1. The molecule has 1 spiro atoms. The van der Waals surface area contributed by atoms with Crippen LogP contribution in [0.1, 0.15) is 35.5 Å². The van der Waals surface area contributed by atoms with E-state index in [1.165, 1.54) is 12.8 Å². The fraction of sp³-hybridized carbons (Fsp3) is 0.733. The molecule has 0 radical (unpaired) electrons. The van der Waals surface area contributed by atoms with E-state index in [4.69, 9.17) is 9.26 Å². The summed E-state index contributed by atoms with van der Waals surface area (Å²) < 4.78 is 11.3. The molecule has 0 aromatic carbocycles. The lowest BCUT2D eigenvalue weighted by Gasteiger charge is -2.47. The molecule has 2 aliphatic heterocycles. The predicted molar refractivity (Wildman–Crippen MR) is 79.4 cm³/mol. The average molecular weight is 308 g/mol. The number of aromatic nitrogens is 1. The summed E-state index contributed by atoms with van der Waals surface area (Å²) in [4.78, 5) is 14.1. The second-order valence-corrected chi connectivity index (χ2v) is 8.08. The SMILES string of the molecule is Cc1cc(C(=O)N2CC3(C[C@@H](OCC4CC4)CS3)C2)on1. The van der Waals surface area contributed by atoms with Crippen LogP contribution >= 0.6 is 11.8 Å². The largest absolute Gasteiger partial charge is 0.377 e. The molecule has 114 valence electrons. The molecule has 21 heavy (non-hydrogen) atoms. The molecule has 2 saturated heterocycles. The maximum Gasteiger partial charge on any atom is 0.292 e. The Balaban J connectivity index is 1.29. The van der Waals surface area contributed by atoms with E-state index < -0.39 is 0 Å². The fourth-order valence-electron chi connectivity index (χ4n) is 3.10. The van der Waals surface area contributed by atoms with Crippen LogP contribution in [0.25, 0.3) is 0 Å². The lowest BCUT2D eigenvalue weighted by molar-refractivity contribution is 0.0269. The molecule has 6 heteroatoms. The quantitative estimate of drug-likeness (QED) is 0.852. The van der Waals surface area contributed by atoms with Crippen LogP contribution in [0.3, 0.4) is 0 Å². The Kier molecular flexibility index (Phi) is 3.26. The van der Waals surface area contributed by atoms with Crippen molar-refractivity contribution in [3.8, 4) is 0 Å². The number of carbonyl (C=O) groups excluding carboxylic acids is 1. The van der Waals surface area contributed by atoms with Gasteiger partial charge in [0.15, 0.2) is 0 Å². The van der Waals surface area contributed by atoms with Gasteiger partial charge in [0.1, 0.15) is 0 Å². The van der Waals surface area contributed by atoms with Crippen molar-refractivity contribution < 1.29 is 14.1 Å². The Morgan fingerprint density at radius 1 is 1.57 bits per heavy atom. The summed E-state index contributed by atoms with van der Waals surface area (Å²) in [5.74, 6) is 2.20. The van der Waals surface area contributed by atoms with Gasteiger partial charge in [0.05, 0.1) is 16.5 Å². The number of carbonyl (C=O) groups is 1. The van der Waals surface area contributed by atoms with Crippen molar-refractivity contribution in [1.29, 1.82) is 0 Å². The summed E-state index contributed by atoms with van der Waals surface area (Å²) >= 11 is 1.97. The Hall–Kier alpha value is -1.01. The van der Waals surface area contributed by atoms with Gasteiger partial charge in [0.25, 0.3) is 5.91 Å². The van der Waals surface area contributed by atoms with Crippen LogP contribution in [0.2, 0.25) is 0 Å². The lowest BCUT2D eigenvalue weighted by atomic mass is 9.92. The summed E-state index contributed by atoms with van der Waals surface area (Å²) in [6, 6.07) is 1.71. The first-order valence-corrected chi connectivity index (χ1v) is 8.60. The van der Waals surface area contributed by atoms with Crippen molar-refractivity contribution >= 4 is 17.7 Å². The van der Waals surface area contributed by atoms with Gasteiger partial charge in [-0.2, -0.15) is 0 Å². The number of rotatable bonds is 4. The normalized spacial score (nSPS) is 27.1. The van der Waals surface area contributed by atoms with E-state index in [0.29, 0.717) is 11.9 Å². The van der Waals surface area contributed by atoms with Crippen LogP contribution in [-0.4, -0.2) is 52.3 Å². The molecule has 0 bridgehead atoms. The van der Waals surface area contributed by atoms with Crippen LogP contribution < -0.4 is 0 Å². The molecule has 1 aliphatic carbocycles. The van der Waals surface area contributed by atoms with Crippen molar-refractivity contribution in [2.45, 2.75) is 37.0 Å². The van der Waals surface area contributed by atoms with Crippen molar-refractivity contribution in [2.75, 3.05) is 25.4 Å². The number of hydrogen-bond donors (Lipinski definition) is 0. The monoisotopic (exact) mass is 308 g/mol. The summed E-state index contributed by atoms with van der Waals surface area (Å²) in [5, 5.41) is 3.78. The fourth-order valence-corrected chi connectivity index (χ4v) is 4.65. The minimum Gasteiger partial charge on any atom is -0.377 e. The predicted octanol–water partition coefficient (Wildman–Crippen LogP) is 2.11. The first-order chi connectivity index (χ1) is 10.1. The summed E-state index contributed by atoms with van der Waals surface area (Å²) in [6.45, 7) is 4.37. The van der Waals surface area contributed by atoms with Crippen molar-refractivity contribution in [1.82, 2.24) is 10.1 Å². The minimum atomic E-state index is -0.0378. The first-order valence-electron chi connectivity index (χ1n) is 7.62. The van der Waals surface area contributed by atoms with Crippen molar-refractivity contribution in [2.24, 2.45) is 5.92 Å². The molecule has 4 rings (SSSR count). The number of ether oxygens (including phenoxy) is 1. The topological polar surface area (TPSA) is 55.6 Å². The Labute approximate surface area is 128 Å². The second kappa shape index (κ2) is 5.02. The number of thioether (sulfide) groups is 1. The number of aryl methyl sites for hydroxylation is 1. The molecule has 0 unspecified atom stereocenters. The van der Waals surface area contributed by atoms with Crippen LogP contribution in [0.5, 0.6) is 0 Å². The summed E-state index contributed by atoms with van der Waals surface area (Å²) in [5.41, 5.74) is 0.748. The zero-order valence-electron chi connectivity index (χ0n) is 12.2. The van der Waals surface area contributed by atoms with E-state index in [2.05, 4.69) is 5.16 Å². The Morgan fingerprint density at radius 2 is 2.38 bits per heavy atom. The van der Waals surface area contributed by atoms with Gasteiger partial charge >= 0.3 is 0 Å². The number of nitrogens with zero attached hydrogens (tertiary/aromatic N) is 2. The summed E-state index contributed by atoms with van der Waals surface area (Å²) in [6.07, 6.45) is 4.12. The molecule has 1 amide bonds. The molecule has 0 N–H and O–H groups in total. The maximum atomic E-state index is 12.2. The molecular weight excluding hydrogens is 288 g/mol. The van der Waals surface area contributed by atoms with E-state index >= 15 is 0 Å². The van der Waals surface area contributed by atoms with Crippen LogP contribution in [0.15, 0.2) is 10.6 Å². The lowest BCUT2D eigenvalue weighted by Crippen LogP contribution is -2.60. The zero-order chi connectivity index (χ0) is 14.4. The number of hydrogen-bond acceptors (Lipinski definition) is 5. The molecule has 3 fully saturated rings. The third-order valence-electron chi connectivity index (χ3n) is 4.52. The van der Waals surface area contributed by atoms with Crippen molar-refractivity contribution in [3.05, 3.63) is 17.5 Å². The highest BCUT2D eigenvalue weighted by Gasteiger charge is 2.51. The van der Waals surface area contributed by atoms with Gasteiger partial charge in [0, 0.05) is 31.5 Å². The Bertz CT molecular complexity index is 549. The third-order valence-corrected chi connectivity index (χ3v) is 6.10.